The summed E-state index contributed by atoms with van der Waals surface area (Å²) in [6, 6.07) is 4.28. The summed E-state index contributed by atoms with van der Waals surface area (Å²) in [5, 5.41) is 6.11. The number of hydrogen-bond donors (Lipinski definition) is 2. The van der Waals surface area contributed by atoms with E-state index < -0.39 is 0 Å². The van der Waals surface area contributed by atoms with Gasteiger partial charge in [-0.15, -0.1) is 0 Å². The van der Waals surface area contributed by atoms with Gasteiger partial charge in [0.05, 0.1) is 0 Å². The molecule has 24 heavy (non-hydrogen) atoms. The molecule has 0 bridgehead atoms. The molecule has 3 rings (SSSR count). The van der Waals surface area contributed by atoms with Crippen molar-refractivity contribution >= 4 is 6.03 Å². The number of rotatable bonds is 5. The highest BCUT2D eigenvalue weighted by Crippen LogP contribution is 2.18. The van der Waals surface area contributed by atoms with E-state index in [2.05, 4.69) is 38.7 Å². The smallest absolute Gasteiger partial charge is 0.315 e. The van der Waals surface area contributed by atoms with E-state index in [1.54, 1.807) is 0 Å². The molecule has 1 aromatic heterocycles. The number of urea groups is 1. The summed E-state index contributed by atoms with van der Waals surface area (Å²) in [5.41, 5.74) is 1.26. The van der Waals surface area contributed by atoms with Crippen LogP contribution in [0.4, 0.5) is 4.79 Å². The molecule has 2 amide bonds. The number of pyridine rings is 1. The fourth-order valence-corrected chi connectivity index (χ4v) is 3.60. The van der Waals surface area contributed by atoms with Gasteiger partial charge in [-0.1, -0.05) is 18.2 Å². The third-order valence-electron chi connectivity index (χ3n) is 4.85. The predicted octanol–water partition coefficient (Wildman–Crippen LogP) is 2.70. The zero-order chi connectivity index (χ0) is 16.6. The van der Waals surface area contributed by atoms with Crippen molar-refractivity contribution in [2.75, 3.05) is 19.6 Å². The van der Waals surface area contributed by atoms with E-state index in [1.807, 2.05) is 18.5 Å². The molecule has 1 aliphatic heterocycles. The number of nitrogens with zero attached hydrogens (tertiary/aromatic N) is 2. The first kappa shape index (κ1) is 17.0. The van der Waals surface area contributed by atoms with Crippen molar-refractivity contribution in [2.24, 2.45) is 5.92 Å². The summed E-state index contributed by atoms with van der Waals surface area (Å²) >= 11 is 0. The first-order valence-electron chi connectivity index (χ1n) is 9.12. The Labute approximate surface area is 144 Å². The highest BCUT2D eigenvalue weighted by molar-refractivity contribution is 5.74. The van der Waals surface area contributed by atoms with Crippen LogP contribution in [0.25, 0.3) is 0 Å². The molecule has 1 fully saturated rings. The van der Waals surface area contributed by atoms with Gasteiger partial charge in [0, 0.05) is 38.1 Å². The maximum absolute atomic E-state index is 12.0. The van der Waals surface area contributed by atoms with E-state index in [9.17, 15) is 4.79 Å². The maximum Gasteiger partial charge on any atom is 0.315 e. The van der Waals surface area contributed by atoms with E-state index in [0.29, 0.717) is 5.92 Å². The molecule has 2 aliphatic rings. The van der Waals surface area contributed by atoms with Crippen LogP contribution >= 0.6 is 0 Å². The lowest BCUT2D eigenvalue weighted by Gasteiger charge is -2.32. The number of nitrogens with one attached hydrogen (secondary N) is 2. The monoisotopic (exact) mass is 328 g/mol. The minimum atomic E-state index is -0.0315. The topological polar surface area (TPSA) is 57.3 Å². The lowest BCUT2D eigenvalue weighted by atomic mass is 9.97. The molecular weight excluding hydrogens is 300 g/mol. The summed E-state index contributed by atoms with van der Waals surface area (Å²) in [4.78, 5) is 18.7. The van der Waals surface area contributed by atoms with Crippen LogP contribution in [-0.2, 0) is 6.54 Å². The van der Waals surface area contributed by atoms with Crippen molar-refractivity contribution < 1.29 is 4.79 Å². The number of carbonyl (C=O) groups is 1. The second kappa shape index (κ2) is 8.83. The van der Waals surface area contributed by atoms with Crippen LogP contribution < -0.4 is 10.6 Å². The molecule has 2 heterocycles. The van der Waals surface area contributed by atoms with E-state index in [-0.39, 0.29) is 12.1 Å². The lowest BCUT2D eigenvalue weighted by molar-refractivity contribution is 0.165. The van der Waals surface area contributed by atoms with Crippen LogP contribution in [-0.4, -0.2) is 41.6 Å². The summed E-state index contributed by atoms with van der Waals surface area (Å²) in [6.07, 6.45) is 13.7. The number of hydrogen-bond acceptors (Lipinski definition) is 3. The van der Waals surface area contributed by atoms with Crippen molar-refractivity contribution in [3.8, 4) is 0 Å². The van der Waals surface area contributed by atoms with E-state index in [1.165, 1.54) is 18.4 Å². The standard InChI is InChI=1S/C19H28N4O/c24-19(22-18-8-2-1-3-9-18)21-13-17-7-5-11-23(15-17)14-16-6-4-10-20-12-16/h2,4,6,8,10,12,17-18H,1,3,5,7,9,11,13-15H2,(H2,21,22,24)/t17-,18-/m0/s1. The summed E-state index contributed by atoms with van der Waals surface area (Å²) in [5.74, 6) is 0.531. The Kier molecular flexibility index (Phi) is 6.24. The van der Waals surface area contributed by atoms with Crippen LogP contribution in [0.5, 0.6) is 0 Å². The number of allylic oxidation sites excluding steroid dienone is 1. The van der Waals surface area contributed by atoms with Gasteiger partial charge in [0.25, 0.3) is 0 Å². The number of piperidine rings is 1. The first-order chi connectivity index (χ1) is 11.8. The van der Waals surface area contributed by atoms with Crippen molar-refractivity contribution in [3.05, 3.63) is 42.2 Å². The second-order valence-corrected chi connectivity index (χ2v) is 6.92. The van der Waals surface area contributed by atoms with Gasteiger partial charge in [-0.3, -0.25) is 9.88 Å². The van der Waals surface area contributed by atoms with Gasteiger partial charge < -0.3 is 10.6 Å². The molecule has 130 valence electrons. The Morgan fingerprint density at radius 3 is 3.08 bits per heavy atom. The third kappa shape index (κ3) is 5.34. The first-order valence-corrected chi connectivity index (χ1v) is 9.12. The van der Waals surface area contributed by atoms with Crippen LogP contribution in [0.2, 0.25) is 0 Å². The largest absolute Gasteiger partial charge is 0.338 e. The molecule has 0 aromatic carbocycles. The fraction of sp³-hybridized carbons (Fsp3) is 0.579. The SMILES string of the molecule is O=C(NC[C@@H]1CCCN(Cc2cccnc2)C1)N[C@H]1C=CCCC1. The van der Waals surface area contributed by atoms with Crippen LogP contribution in [0.1, 0.15) is 37.7 Å². The Bertz CT molecular complexity index is 546. The summed E-state index contributed by atoms with van der Waals surface area (Å²) < 4.78 is 0. The molecule has 0 unspecified atom stereocenters. The Morgan fingerprint density at radius 1 is 1.33 bits per heavy atom. The number of amides is 2. The van der Waals surface area contributed by atoms with Crippen molar-refractivity contribution in [3.63, 3.8) is 0 Å². The molecular formula is C19H28N4O. The predicted molar refractivity (Wildman–Crippen MR) is 95.6 cm³/mol. The van der Waals surface area contributed by atoms with Crippen LogP contribution in [0, 0.1) is 5.92 Å². The molecule has 1 saturated heterocycles. The quantitative estimate of drug-likeness (QED) is 0.817. The number of carbonyl (C=O) groups excluding carboxylic acids is 1. The minimum absolute atomic E-state index is 0.0315. The van der Waals surface area contributed by atoms with Gasteiger partial charge in [0.15, 0.2) is 0 Å². The minimum Gasteiger partial charge on any atom is -0.338 e. The Balaban J connectivity index is 1.39. The molecule has 2 N–H and O–H groups in total. The van der Waals surface area contributed by atoms with Crippen LogP contribution in [0.3, 0.4) is 0 Å². The molecule has 0 radical (unpaired) electrons. The maximum atomic E-state index is 12.0. The Hall–Kier alpha value is -1.88. The number of likely N-dealkylation sites (tertiary alicyclic amines) is 1. The van der Waals surface area contributed by atoms with Crippen molar-refractivity contribution in [1.29, 1.82) is 0 Å². The zero-order valence-electron chi connectivity index (χ0n) is 14.3. The van der Waals surface area contributed by atoms with Crippen molar-refractivity contribution in [1.82, 2.24) is 20.5 Å². The van der Waals surface area contributed by atoms with E-state index >= 15 is 0 Å². The summed E-state index contributed by atoms with van der Waals surface area (Å²) in [6.45, 7) is 3.87. The summed E-state index contributed by atoms with van der Waals surface area (Å²) in [7, 11) is 0. The van der Waals surface area contributed by atoms with Gasteiger partial charge in [0.1, 0.15) is 0 Å². The fourth-order valence-electron chi connectivity index (χ4n) is 3.60. The molecule has 1 aromatic rings. The lowest BCUT2D eigenvalue weighted by Crippen LogP contribution is -2.46. The highest BCUT2D eigenvalue weighted by atomic mass is 16.2. The average molecular weight is 328 g/mol. The third-order valence-corrected chi connectivity index (χ3v) is 4.85. The number of aromatic nitrogens is 1. The molecule has 1 aliphatic carbocycles. The Morgan fingerprint density at radius 2 is 2.29 bits per heavy atom. The molecule has 2 atom stereocenters. The van der Waals surface area contributed by atoms with Gasteiger partial charge in [0.2, 0.25) is 0 Å². The zero-order valence-corrected chi connectivity index (χ0v) is 14.3. The van der Waals surface area contributed by atoms with Gasteiger partial charge in [-0.05, 0) is 56.2 Å². The van der Waals surface area contributed by atoms with Gasteiger partial charge in [-0.25, -0.2) is 4.79 Å². The molecule has 0 saturated carbocycles. The van der Waals surface area contributed by atoms with Gasteiger partial charge >= 0.3 is 6.03 Å². The van der Waals surface area contributed by atoms with Crippen LogP contribution in [0.15, 0.2) is 36.7 Å². The molecule has 5 heteroatoms. The van der Waals surface area contributed by atoms with Gasteiger partial charge in [-0.2, -0.15) is 0 Å². The molecule has 0 spiro atoms. The normalized spacial score (nSPS) is 24.5. The van der Waals surface area contributed by atoms with Crippen molar-refractivity contribution in [2.45, 2.75) is 44.7 Å². The van der Waals surface area contributed by atoms with E-state index in [4.69, 9.17) is 0 Å². The highest BCUT2D eigenvalue weighted by Gasteiger charge is 2.21. The average Bonchev–Trinajstić information content (AvgIpc) is 2.62. The molecule has 5 nitrogen and oxygen atoms in total. The second-order valence-electron chi connectivity index (χ2n) is 6.92. The van der Waals surface area contributed by atoms with E-state index in [0.717, 1.165) is 45.4 Å².